The van der Waals surface area contributed by atoms with Gasteiger partial charge in [-0.05, 0) is 36.5 Å². The van der Waals surface area contributed by atoms with Crippen LogP contribution in [0.1, 0.15) is 38.2 Å². The first kappa shape index (κ1) is 20.9. The van der Waals surface area contributed by atoms with Crippen molar-refractivity contribution in [2.24, 2.45) is 11.7 Å². The highest BCUT2D eigenvalue weighted by Crippen LogP contribution is 2.26. The highest BCUT2D eigenvalue weighted by Gasteiger charge is 2.19. The summed E-state index contributed by atoms with van der Waals surface area (Å²) in [6, 6.07) is 7.05. The van der Waals surface area contributed by atoms with E-state index in [0.29, 0.717) is 12.7 Å². The Morgan fingerprint density at radius 1 is 1.42 bits per heavy atom. The van der Waals surface area contributed by atoms with Gasteiger partial charge in [0.2, 0.25) is 5.91 Å². The molecule has 0 saturated heterocycles. The number of methoxy groups -OCH3 is 1. The van der Waals surface area contributed by atoms with E-state index in [0.717, 1.165) is 30.0 Å². The number of rotatable bonds is 7. The summed E-state index contributed by atoms with van der Waals surface area (Å²) in [5, 5.41) is 2.81. The second kappa shape index (κ2) is 10.7. The Morgan fingerprint density at radius 2 is 2.21 bits per heavy atom. The van der Waals surface area contributed by atoms with Crippen LogP contribution in [0.4, 0.5) is 5.69 Å². The van der Waals surface area contributed by atoms with Crippen LogP contribution in [0, 0.1) is 5.92 Å². The van der Waals surface area contributed by atoms with Crippen LogP contribution in [0.15, 0.2) is 24.3 Å². The van der Waals surface area contributed by atoms with Gasteiger partial charge in [0.25, 0.3) is 0 Å². The molecule has 2 rings (SSSR count). The van der Waals surface area contributed by atoms with Gasteiger partial charge in [0.05, 0.1) is 19.3 Å². The van der Waals surface area contributed by atoms with E-state index in [2.05, 4.69) is 12.2 Å². The number of carbonyl (C=O) groups is 1. The largest absolute Gasteiger partial charge is 0.383 e. The second-order valence-electron chi connectivity index (χ2n) is 6.46. The maximum Gasteiger partial charge on any atom is 0.243 e. The van der Waals surface area contributed by atoms with E-state index in [9.17, 15) is 4.79 Å². The fraction of sp³-hybridized carbons (Fsp3) is 0.611. The van der Waals surface area contributed by atoms with Crippen molar-refractivity contribution in [1.82, 2.24) is 0 Å². The molecule has 5 nitrogen and oxygen atoms in total. The summed E-state index contributed by atoms with van der Waals surface area (Å²) in [6.07, 6.45) is 5.20. The zero-order chi connectivity index (χ0) is 16.7. The lowest BCUT2D eigenvalue weighted by atomic mass is 9.89. The molecule has 0 aliphatic heterocycles. The number of anilines is 1. The Labute approximate surface area is 150 Å². The van der Waals surface area contributed by atoms with Crippen LogP contribution >= 0.6 is 12.4 Å². The summed E-state index contributed by atoms with van der Waals surface area (Å²) in [4.78, 5) is 11.9. The molecular weight excluding hydrogens is 328 g/mol. The molecule has 0 heterocycles. The van der Waals surface area contributed by atoms with Gasteiger partial charge in [0.15, 0.2) is 0 Å². The SMILES string of the molecule is COCC(N)C(=O)Nc1cccc(COC2CCCC(C)C2)c1.Cl. The molecule has 24 heavy (non-hydrogen) atoms. The average molecular weight is 357 g/mol. The van der Waals surface area contributed by atoms with Crippen molar-refractivity contribution in [3.05, 3.63) is 29.8 Å². The van der Waals surface area contributed by atoms with E-state index in [1.54, 1.807) is 0 Å². The minimum atomic E-state index is -0.663. The van der Waals surface area contributed by atoms with Gasteiger partial charge in [-0.25, -0.2) is 0 Å². The molecule has 1 aromatic carbocycles. The van der Waals surface area contributed by atoms with Gasteiger partial charge >= 0.3 is 0 Å². The van der Waals surface area contributed by atoms with E-state index in [-0.39, 0.29) is 24.9 Å². The summed E-state index contributed by atoms with van der Waals surface area (Å²) in [5.41, 5.74) is 7.51. The Morgan fingerprint density at radius 3 is 2.92 bits per heavy atom. The summed E-state index contributed by atoms with van der Waals surface area (Å²) >= 11 is 0. The second-order valence-corrected chi connectivity index (χ2v) is 6.46. The van der Waals surface area contributed by atoms with Crippen LogP contribution in [-0.2, 0) is 20.9 Å². The van der Waals surface area contributed by atoms with Crippen LogP contribution in [0.3, 0.4) is 0 Å². The molecule has 136 valence electrons. The minimum Gasteiger partial charge on any atom is -0.383 e. The van der Waals surface area contributed by atoms with Crippen molar-refractivity contribution < 1.29 is 14.3 Å². The molecule has 3 atom stereocenters. The topological polar surface area (TPSA) is 73.6 Å². The predicted molar refractivity (Wildman–Crippen MR) is 98.4 cm³/mol. The normalized spacial score (nSPS) is 21.6. The molecule has 3 unspecified atom stereocenters. The summed E-state index contributed by atoms with van der Waals surface area (Å²) < 4.78 is 10.9. The smallest absolute Gasteiger partial charge is 0.243 e. The summed E-state index contributed by atoms with van der Waals surface area (Å²) in [7, 11) is 1.53. The van der Waals surface area contributed by atoms with E-state index in [1.165, 1.54) is 20.0 Å². The predicted octanol–water partition coefficient (Wildman–Crippen LogP) is 3.12. The molecule has 0 radical (unpaired) electrons. The van der Waals surface area contributed by atoms with Gasteiger partial charge in [-0.15, -0.1) is 12.4 Å². The molecular formula is C18H29ClN2O3. The van der Waals surface area contributed by atoms with Crippen LogP contribution in [0.5, 0.6) is 0 Å². The van der Waals surface area contributed by atoms with Crippen molar-refractivity contribution in [1.29, 1.82) is 0 Å². The van der Waals surface area contributed by atoms with Crippen molar-refractivity contribution in [2.45, 2.75) is 51.4 Å². The molecule has 3 N–H and O–H groups in total. The first-order valence-corrected chi connectivity index (χ1v) is 8.34. The average Bonchev–Trinajstić information content (AvgIpc) is 2.53. The van der Waals surface area contributed by atoms with Gasteiger partial charge in [-0.1, -0.05) is 31.9 Å². The molecule has 1 aromatic rings. The van der Waals surface area contributed by atoms with Crippen LogP contribution < -0.4 is 11.1 Å². The Hall–Kier alpha value is -1.14. The fourth-order valence-corrected chi connectivity index (χ4v) is 2.97. The van der Waals surface area contributed by atoms with Crippen LogP contribution in [0.25, 0.3) is 0 Å². The highest BCUT2D eigenvalue weighted by atomic mass is 35.5. The Kier molecular flexibility index (Phi) is 9.29. The van der Waals surface area contributed by atoms with Crippen molar-refractivity contribution in [3.63, 3.8) is 0 Å². The monoisotopic (exact) mass is 356 g/mol. The maximum atomic E-state index is 11.9. The summed E-state index contributed by atoms with van der Waals surface area (Å²) in [5.74, 6) is 0.507. The minimum absolute atomic E-state index is 0. The molecule has 1 amide bonds. The number of ether oxygens (including phenoxy) is 2. The lowest BCUT2D eigenvalue weighted by Gasteiger charge is -2.26. The standard InChI is InChI=1S/C18H28N2O3.ClH/c1-13-5-3-8-16(9-13)23-11-14-6-4-7-15(10-14)20-18(21)17(19)12-22-2;/h4,6-7,10,13,16-17H,3,5,8-9,11-12,19H2,1-2H3,(H,20,21);1H. The fourth-order valence-electron chi connectivity index (χ4n) is 2.97. The zero-order valence-electron chi connectivity index (χ0n) is 14.5. The zero-order valence-corrected chi connectivity index (χ0v) is 15.3. The van der Waals surface area contributed by atoms with Crippen molar-refractivity contribution >= 4 is 24.0 Å². The van der Waals surface area contributed by atoms with Gasteiger partial charge in [-0.3, -0.25) is 4.79 Å². The number of halogens is 1. The number of nitrogens with two attached hydrogens (primary N) is 1. The molecule has 0 spiro atoms. The quantitative estimate of drug-likeness (QED) is 0.787. The highest BCUT2D eigenvalue weighted by molar-refractivity contribution is 5.94. The molecule has 1 fully saturated rings. The molecule has 6 heteroatoms. The van der Waals surface area contributed by atoms with Crippen LogP contribution in [0.2, 0.25) is 0 Å². The molecule has 1 aliphatic carbocycles. The molecule has 1 saturated carbocycles. The van der Waals surface area contributed by atoms with E-state index >= 15 is 0 Å². The number of benzene rings is 1. The van der Waals surface area contributed by atoms with Crippen LogP contribution in [-0.4, -0.2) is 31.8 Å². The number of carbonyl (C=O) groups excluding carboxylic acids is 1. The third-order valence-electron chi connectivity index (χ3n) is 4.25. The Bertz CT molecular complexity index is 513. The third-order valence-corrected chi connectivity index (χ3v) is 4.25. The van der Waals surface area contributed by atoms with E-state index < -0.39 is 6.04 Å². The lowest BCUT2D eigenvalue weighted by Crippen LogP contribution is -2.39. The molecule has 0 aromatic heterocycles. The summed E-state index contributed by atoms with van der Waals surface area (Å²) in [6.45, 7) is 3.06. The Balaban J connectivity index is 0.00000288. The van der Waals surface area contributed by atoms with Crippen molar-refractivity contribution in [2.75, 3.05) is 19.0 Å². The first-order chi connectivity index (χ1) is 11.1. The molecule has 0 bridgehead atoms. The van der Waals surface area contributed by atoms with Gasteiger partial charge in [-0.2, -0.15) is 0 Å². The number of hydrogen-bond acceptors (Lipinski definition) is 4. The first-order valence-electron chi connectivity index (χ1n) is 8.34. The van der Waals surface area contributed by atoms with Crippen molar-refractivity contribution in [3.8, 4) is 0 Å². The van der Waals surface area contributed by atoms with E-state index in [4.69, 9.17) is 15.2 Å². The van der Waals surface area contributed by atoms with Gasteiger partial charge in [0, 0.05) is 12.8 Å². The number of hydrogen-bond donors (Lipinski definition) is 2. The third kappa shape index (κ3) is 6.77. The van der Waals surface area contributed by atoms with Gasteiger partial charge in [0.1, 0.15) is 6.04 Å². The lowest BCUT2D eigenvalue weighted by molar-refractivity contribution is -0.118. The number of nitrogens with one attached hydrogen (secondary N) is 1. The maximum absolute atomic E-state index is 11.9. The molecule has 1 aliphatic rings. The van der Waals surface area contributed by atoms with E-state index in [1.807, 2.05) is 24.3 Å². The van der Waals surface area contributed by atoms with Gasteiger partial charge < -0.3 is 20.5 Å². The number of amides is 1.